The van der Waals surface area contributed by atoms with Gasteiger partial charge in [0.25, 0.3) is 0 Å². The number of aliphatic imine (C=N–C) groups is 1. The minimum atomic E-state index is -1.02. The van der Waals surface area contributed by atoms with Gasteiger partial charge in [-0.15, -0.1) is 11.8 Å². The third kappa shape index (κ3) is 3.23. The number of carbonyl (C=O) groups excluding carboxylic acids is 2. The highest BCUT2D eigenvalue weighted by Crippen LogP contribution is 2.34. The zero-order valence-electron chi connectivity index (χ0n) is 12.9. The minimum absolute atomic E-state index is 0.283. The number of rotatable bonds is 3. The quantitative estimate of drug-likeness (QED) is 0.606. The highest BCUT2D eigenvalue weighted by Gasteiger charge is 2.38. The average Bonchev–Trinajstić information content (AvgIpc) is 2.60. The number of ketones is 1. The minimum Gasteiger partial charge on any atom is -0.468 e. The van der Waals surface area contributed by atoms with Crippen LogP contribution in [0.15, 0.2) is 53.5 Å². The second kappa shape index (κ2) is 7.20. The molecular weight excluding hydrogens is 346 g/mol. The van der Waals surface area contributed by atoms with Crippen LogP contribution >= 0.6 is 23.4 Å². The monoisotopic (exact) mass is 359 g/mol. The molecule has 1 aliphatic rings. The van der Waals surface area contributed by atoms with E-state index in [-0.39, 0.29) is 5.78 Å². The Kier molecular flexibility index (Phi) is 5.02. The molecule has 0 N–H and O–H groups in total. The standard InChI is InChI=1S/C18H14ClNO3S/c1-23-18(22)15-16(21)12-7-3-5-9-14(12)20-17(15)24-10-11-6-2-4-8-13(11)19/h2-9,15H,10H2,1H3. The van der Waals surface area contributed by atoms with Crippen LogP contribution in [0.2, 0.25) is 5.02 Å². The predicted molar refractivity (Wildman–Crippen MR) is 96.1 cm³/mol. The molecule has 0 bridgehead atoms. The van der Waals surface area contributed by atoms with E-state index in [0.29, 0.717) is 27.1 Å². The Morgan fingerprint density at radius 1 is 1.21 bits per heavy atom. The smallest absolute Gasteiger partial charge is 0.323 e. The number of benzene rings is 2. The van der Waals surface area contributed by atoms with Gasteiger partial charge >= 0.3 is 5.97 Å². The molecule has 0 spiro atoms. The lowest BCUT2D eigenvalue weighted by Gasteiger charge is -2.21. The van der Waals surface area contributed by atoms with Crippen molar-refractivity contribution in [3.63, 3.8) is 0 Å². The largest absolute Gasteiger partial charge is 0.468 e. The number of esters is 1. The molecule has 122 valence electrons. The topological polar surface area (TPSA) is 55.7 Å². The van der Waals surface area contributed by atoms with Crippen LogP contribution in [0.4, 0.5) is 5.69 Å². The SMILES string of the molecule is COC(=O)C1C(=O)c2ccccc2N=C1SCc1ccccc1Cl. The van der Waals surface area contributed by atoms with Gasteiger partial charge in [0, 0.05) is 16.3 Å². The van der Waals surface area contributed by atoms with Gasteiger partial charge in [-0.25, -0.2) is 4.99 Å². The Morgan fingerprint density at radius 3 is 2.67 bits per heavy atom. The molecule has 1 unspecified atom stereocenters. The number of carbonyl (C=O) groups is 2. The first-order valence-electron chi connectivity index (χ1n) is 7.27. The molecule has 0 amide bonds. The van der Waals surface area contributed by atoms with E-state index in [4.69, 9.17) is 16.3 Å². The molecule has 2 aromatic carbocycles. The Hall–Kier alpha value is -2.11. The molecule has 3 rings (SSSR count). The Labute approximate surface area is 148 Å². The summed E-state index contributed by atoms with van der Waals surface area (Å²) in [6.45, 7) is 0. The van der Waals surface area contributed by atoms with Gasteiger partial charge in [-0.1, -0.05) is 41.9 Å². The molecule has 24 heavy (non-hydrogen) atoms. The third-order valence-electron chi connectivity index (χ3n) is 3.68. The normalized spacial score (nSPS) is 16.3. The van der Waals surface area contributed by atoms with E-state index in [2.05, 4.69) is 4.99 Å². The van der Waals surface area contributed by atoms with Crippen molar-refractivity contribution in [2.75, 3.05) is 7.11 Å². The van der Waals surface area contributed by atoms with Crippen LogP contribution in [0.1, 0.15) is 15.9 Å². The molecule has 6 heteroatoms. The molecular formula is C18H14ClNO3S. The summed E-state index contributed by atoms with van der Waals surface area (Å²) in [6.07, 6.45) is 0. The Balaban J connectivity index is 1.93. The lowest BCUT2D eigenvalue weighted by atomic mass is 9.94. The van der Waals surface area contributed by atoms with Gasteiger partial charge in [0.05, 0.1) is 17.8 Å². The number of Topliss-reactive ketones (excluding diaryl/α,β-unsaturated/α-hetero) is 1. The van der Waals surface area contributed by atoms with E-state index in [1.165, 1.54) is 18.9 Å². The number of halogens is 1. The van der Waals surface area contributed by atoms with Gasteiger partial charge in [-0.2, -0.15) is 0 Å². The number of nitrogens with zero attached hydrogens (tertiary/aromatic N) is 1. The molecule has 0 saturated carbocycles. The van der Waals surface area contributed by atoms with Crippen molar-refractivity contribution in [1.29, 1.82) is 0 Å². The summed E-state index contributed by atoms with van der Waals surface area (Å²) in [5.74, 6) is -1.38. The van der Waals surface area contributed by atoms with Gasteiger partial charge in [0.15, 0.2) is 11.7 Å². The zero-order chi connectivity index (χ0) is 17.1. The molecule has 0 radical (unpaired) electrons. The van der Waals surface area contributed by atoms with E-state index >= 15 is 0 Å². The fourth-order valence-electron chi connectivity index (χ4n) is 2.44. The molecule has 0 saturated heterocycles. The van der Waals surface area contributed by atoms with Crippen LogP contribution in [0.25, 0.3) is 0 Å². The van der Waals surface area contributed by atoms with E-state index in [0.717, 1.165) is 5.56 Å². The average molecular weight is 360 g/mol. The fraction of sp³-hybridized carbons (Fsp3) is 0.167. The van der Waals surface area contributed by atoms with Gasteiger partial charge in [-0.3, -0.25) is 9.59 Å². The summed E-state index contributed by atoms with van der Waals surface area (Å²) in [6, 6.07) is 14.4. The second-order valence-corrected chi connectivity index (χ2v) is 6.57. The number of ether oxygens (including phenoxy) is 1. The number of hydrogen-bond donors (Lipinski definition) is 0. The zero-order valence-corrected chi connectivity index (χ0v) is 14.4. The van der Waals surface area contributed by atoms with Crippen molar-refractivity contribution < 1.29 is 14.3 Å². The molecule has 1 aliphatic heterocycles. The maximum atomic E-state index is 12.7. The van der Waals surface area contributed by atoms with Crippen molar-refractivity contribution >= 4 is 45.8 Å². The Bertz CT molecular complexity index is 835. The summed E-state index contributed by atoms with van der Waals surface area (Å²) in [4.78, 5) is 29.3. The number of hydrogen-bond acceptors (Lipinski definition) is 5. The lowest BCUT2D eigenvalue weighted by Crippen LogP contribution is -2.33. The van der Waals surface area contributed by atoms with E-state index in [1.54, 1.807) is 24.3 Å². The van der Waals surface area contributed by atoms with Crippen LogP contribution < -0.4 is 0 Å². The van der Waals surface area contributed by atoms with Crippen LogP contribution in [0.5, 0.6) is 0 Å². The number of thioether (sulfide) groups is 1. The first kappa shape index (κ1) is 16.7. The number of fused-ring (bicyclic) bond motifs is 1. The van der Waals surface area contributed by atoms with E-state index in [1.807, 2.05) is 24.3 Å². The van der Waals surface area contributed by atoms with Crippen LogP contribution in [-0.2, 0) is 15.3 Å². The summed E-state index contributed by atoms with van der Waals surface area (Å²) in [7, 11) is 1.27. The summed E-state index contributed by atoms with van der Waals surface area (Å²) in [5.41, 5.74) is 1.93. The van der Waals surface area contributed by atoms with Crippen molar-refractivity contribution in [2.24, 2.45) is 10.9 Å². The van der Waals surface area contributed by atoms with Gasteiger partial charge in [-0.05, 0) is 23.8 Å². The van der Waals surface area contributed by atoms with Gasteiger partial charge in [0.1, 0.15) is 0 Å². The maximum absolute atomic E-state index is 12.7. The summed E-state index contributed by atoms with van der Waals surface area (Å²) >= 11 is 7.49. The first-order valence-corrected chi connectivity index (χ1v) is 8.64. The first-order chi connectivity index (χ1) is 11.6. The van der Waals surface area contributed by atoms with E-state index in [9.17, 15) is 9.59 Å². The third-order valence-corrected chi connectivity index (χ3v) is 5.13. The highest BCUT2D eigenvalue weighted by atomic mass is 35.5. The maximum Gasteiger partial charge on any atom is 0.323 e. The summed E-state index contributed by atoms with van der Waals surface area (Å²) in [5, 5.41) is 1.08. The van der Waals surface area contributed by atoms with E-state index < -0.39 is 11.9 Å². The van der Waals surface area contributed by atoms with Crippen LogP contribution in [-0.4, -0.2) is 23.9 Å². The van der Waals surface area contributed by atoms with Crippen LogP contribution in [0.3, 0.4) is 0 Å². The summed E-state index contributed by atoms with van der Waals surface area (Å²) < 4.78 is 4.80. The Morgan fingerprint density at radius 2 is 1.92 bits per heavy atom. The molecule has 4 nitrogen and oxygen atoms in total. The van der Waals surface area contributed by atoms with Gasteiger partial charge in [0.2, 0.25) is 0 Å². The predicted octanol–water partition coefficient (Wildman–Crippen LogP) is 4.29. The molecule has 0 aliphatic carbocycles. The molecule has 2 aromatic rings. The number of methoxy groups -OCH3 is 1. The molecule has 0 fully saturated rings. The van der Waals surface area contributed by atoms with Gasteiger partial charge < -0.3 is 4.74 Å². The second-order valence-electron chi connectivity index (χ2n) is 5.17. The van der Waals surface area contributed by atoms with Crippen molar-refractivity contribution in [2.45, 2.75) is 5.75 Å². The lowest BCUT2D eigenvalue weighted by molar-refractivity contribution is -0.141. The molecule has 1 heterocycles. The van der Waals surface area contributed by atoms with Crippen molar-refractivity contribution in [3.05, 3.63) is 64.7 Å². The highest BCUT2D eigenvalue weighted by molar-refractivity contribution is 8.13. The molecule has 0 aromatic heterocycles. The van der Waals surface area contributed by atoms with Crippen molar-refractivity contribution in [1.82, 2.24) is 0 Å². The number of para-hydroxylation sites is 1. The fourth-order valence-corrected chi connectivity index (χ4v) is 3.81. The van der Waals surface area contributed by atoms with Crippen LogP contribution in [0, 0.1) is 5.92 Å². The molecule has 1 atom stereocenters. The van der Waals surface area contributed by atoms with Crippen molar-refractivity contribution in [3.8, 4) is 0 Å².